The molecule has 0 amide bonds. The Labute approximate surface area is 243 Å². The quantitative estimate of drug-likeness (QED) is 0.267. The molecule has 3 aliphatic carbocycles. The molecule has 1 aliphatic heterocycles. The average Bonchev–Trinajstić information content (AvgIpc) is 2.90. The molecular formula is C31H38O11. The van der Waals surface area contributed by atoms with Gasteiger partial charge in [-0.25, -0.2) is 4.79 Å². The molecule has 1 aromatic carbocycles. The summed E-state index contributed by atoms with van der Waals surface area (Å²) in [7, 11) is 0. The number of aliphatic hydroxyl groups excluding tert-OH is 2. The van der Waals surface area contributed by atoms with Crippen LogP contribution in [0, 0.1) is 16.7 Å². The molecule has 228 valence electrons. The highest BCUT2D eigenvalue weighted by Crippen LogP contribution is 2.64. The number of Topliss-reactive ketones (excluding diaryl/α,β-unsaturated/α-hetero) is 1. The number of fused-ring (bicyclic) bond motifs is 5. The molecule has 1 saturated heterocycles. The number of ether oxygens (including phenoxy) is 4. The summed E-state index contributed by atoms with van der Waals surface area (Å²) in [6.07, 6.45) is -7.27. The topological polar surface area (TPSA) is 166 Å². The van der Waals surface area contributed by atoms with Crippen LogP contribution in [0.2, 0.25) is 0 Å². The summed E-state index contributed by atoms with van der Waals surface area (Å²) in [5, 5.41) is 35.8. The molecule has 5 rings (SSSR count). The van der Waals surface area contributed by atoms with Crippen molar-refractivity contribution < 1.29 is 53.4 Å². The van der Waals surface area contributed by atoms with E-state index in [1.54, 1.807) is 39.0 Å². The van der Waals surface area contributed by atoms with Gasteiger partial charge < -0.3 is 34.3 Å². The minimum absolute atomic E-state index is 0.110. The van der Waals surface area contributed by atoms with E-state index in [4.69, 9.17) is 18.9 Å². The first-order valence-corrected chi connectivity index (χ1v) is 14.1. The van der Waals surface area contributed by atoms with E-state index < -0.39 is 82.2 Å². The normalized spacial score (nSPS) is 40.4. The average molecular weight is 587 g/mol. The molecule has 2 saturated carbocycles. The minimum Gasteiger partial charge on any atom is -0.455 e. The third-order valence-corrected chi connectivity index (χ3v) is 10.2. The standard InChI is InChI=1S/C31H38O11/c1-15-19(34)13-31(38)26(41-27(37)18-10-8-7-9-11-18)24-29(6,20(35)12-21-30(24,14-39-21)42-17(3)33)25(36)23(40-16(2)32)22(15)28(31,4)5/h7-11,19-21,23-24,26,34-35,38H,12-14H2,1-6H3/t19-,20-,21-,23+,24-,26-,29-,30-,31+/m0/s1. The molecule has 4 aliphatic rings. The van der Waals surface area contributed by atoms with E-state index in [0.29, 0.717) is 5.57 Å². The van der Waals surface area contributed by atoms with E-state index in [1.165, 1.54) is 26.0 Å². The summed E-state index contributed by atoms with van der Waals surface area (Å²) >= 11 is 0. The fourth-order valence-electron chi connectivity index (χ4n) is 7.91. The first kappa shape index (κ1) is 30.3. The van der Waals surface area contributed by atoms with Crippen LogP contribution in [0.4, 0.5) is 0 Å². The van der Waals surface area contributed by atoms with Gasteiger partial charge in [-0.3, -0.25) is 14.4 Å². The summed E-state index contributed by atoms with van der Waals surface area (Å²) in [5.74, 6) is -4.41. The number of ketones is 1. The molecule has 0 spiro atoms. The number of carbonyl (C=O) groups excluding carboxylic acids is 4. The van der Waals surface area contributed by atoms with E-state index >= 15 is 0 Å². The fourth-order valence-corrected chi connectivity index (χ4v) is 7.91. The second-order valence-corrected chi connectivity index (χ2v) is 12.8. The maximum Gasteiger partial charge on any atom is 0.338 e. The number of esters is 3. The van der Waals surface area contributed by atoms with Crippen molar-refractivity contribution in [1.29, 1.82) is 0 Å². The highest BCUT2D eigenvalue weighted by molar-refractivity contribution is 5.95. The van der Waals surface area contributed by atoms with Crippen molar-refractivity contribution in [2.45, 2.75) is 96.1 Å². The van der Waals surface area contributed by atoms with E-state index in [2.05, 4.69) is 0 Å². The van der Waals surface area contributed by atoms with Gasteiger partial charge in [0.25, 0.3) is 0 Å². The first-order chi connectivity index (χ1) is 19.5. The van der Waals surface area contributed by atoms with Crippen molar-refractivity contribution in [3.8, 4) is 0 Å². The van der Waals surface area contributed by atoms with Crippen LogP contribution in [-0.4, -0.2) is 87.3 Å². The Bertz CT molecular complexity index is 1350. The summed E-state index contributed by atoms with van der Waals surface area (Å²) in [6, 6.07) is 8.05. The summed E-state index contributed by atoms with van der Waals surface area (Å²) < 4.78 is 23.5. The third-order valence-electron chi connectivity index (χ3n) is 10.2. The van der Waals surface area contributed by atoms with E-state index in [1.807, 2.05) is 0 Å². The van der Waals surface area contributed by atoms with Crippen LogP contribution in [0.15, 0.2) is 41.5 Å². The molecule has 3 fully saturated rings. The van der Waals surface area contributed by atoms with Gasteiger partial charge in [0.2, 0.25) is 0 Å². The fraction of sp³-hybridized carbons (Fsp3) is 0.613. The van der Waals surface area contributed by atoms with Crippen LogP contribution in [0.1, 0.15) is 64.7 Å². The summed E-state index contributed by atoms with van der Waals surface area (Å²) in [6.45, 7) is 8.42. The van der Waals surface area contributed by atoms with E-state index in [0.717, 1.165) is 6.92 Å². The minimum atomic E-state index is -2.11. The zero-order valence-electron chi connectivity index (χ0n) is 24.6. The second-order valence-electron chi connectivity index (χ2n) is 12.8. The molecule has 11 heteroatoms. The van der Waals surface area contributed by atoms with Crippen molar-refractivity contribution in [2.75, 3.05) is 6.61 Å². The maximum atomic E-state index is 14.8. The van der Waals surface area contributed by atoms with Crippen LogP contribution in [0.3, 0.4) is 0 Å². The zero-order valence-corrected chi connectivity index (χ0v) is 24.6. The van der Waals surface area contributed by atoms with Gasteiger partial charge in [-0.1, -0.05) is 32.0 Å². The van der Waals surface area contributed by atoms with Crippen LogP contribution < -0.4 is 0 Å². The molecule has 1 aromatic rings. The monoisotopic (exact) mass is 586 g/mol. The molecule has 1 heterocycles. The van der Waals surface area contributed by atoms with Gasteiger partial charge in [-0.05, 0) is 37.1 Å². The number of hydrogen-bond donors (Lipinski definition) is 3. The summed E-state index contributed by atoms with van der Waals surface area (Å²) in [4.78, 5) is 53.4. The number of carbonyl (C=O) groups is 4. The molecule has 9 atom stereocenters. The maximum absolute atomic E-state index is 14.8. The SMILES string of the molecule is CC(=O)O[C@H]1C(=O)[C@]2(C)[C@H]([C@H](OC(=O)c3ccccc3)[C@]3(O)C[C@H](O)C(C)=C1C3(C)C)[C@]1(OC(C)=O)CO[C@H]1C[C@@H]2O. The van der Waals surface area contributed by atoms with Gasteiger partial charge >= 0.3 is 17.9 Å². The van der Waals surface area contributed by atoms with Crippen LogP contribution >= 0.6 is 0 Å². The third kappa shape index (κ3) is 4.08. The highest BCUT2D eigenvalue weighted by atomic mass is 16.6. The Hall–Kier alpha value is -3.12. The van der Waals surface area contributed by atoms with Gasteiger partial charge in [0, 0.05) is 32.1 Å². The molecule has 42 heavy (non-hydrogen) atoms. The lowest BCUT2D eigenvalue weighted by molar-refractivity contribution is -0.345. The van der Waals surface area contributed by atoms with Crippen LogP contribution in [0.5, 0.6) is 0 Å². The smallest absolute Gasteiger partial charge is 0.338 e. The van der Waals surface area contributed by atoms with Gasteiger partial charge in [0.05, 0.1) is 35.7 Å². The van der Waals surface area contributed by atoms with Crippen molar-refractivity contribution >= 4 is 23.7 Å². The Kier molecular flexibility index (Phi) is 7.20. The Morgan fingerprint density at radius 2 is 1.64 bits per heavy atom. The van der Waals surface area contributed by atoms with Gasteiger partial charge in [-0.2, -0.15) is 0 Å². The van der Waals surface area contributed by atoms with Crippen LogP contribution in [0.25, 0.3) is 0 Å². The number of aliphatic hydroxyl groups is 3. The van der Waals surface area contributed by atoms with Crippen molar-refractivity contribution in [3.05, 3.63) is 47.0 Å². The molecule has 3 N–H and O–H groups in total. The second kappa shape index (κ2) is 9.97. The van der Waals surface area contributed by atoms with Crippen molar-refractivity contribution in [3.63, 3.8) is 0 Å². The zero-order chi connectivity index (χ0) is 31.0. The molecule has 2 bridgehead atoms. The lowest BCUT2D eigenvalue weighted by Gasteiger charge is -2.67. The molecule has 0 unspecified atom stereocenters. The predicted molar refractivity (Wildman–Crippen MR) is 145 cm³/mol. The van der Waals surface area contributed by atoms with Gasteiger partial charge in [0.1, 0.15) is 17.8 Å². The van der Waals surface area contributed by atoms with Gasteiger partial charge in [-0.15, -0.1) is 0 Å². The number of rotatable bonds is 4. The van der Waals surface area contributed by atoms with Crippen LogP contribution in [-0.2, 0) is 33.3 Å². The van der Waals surface area contributed by atoms with E-state index in [9.17, 15) is 34.5 Å². The van der Waals surface area contributed by atoms with Gasteiger partial charge in [0.15, 0.2) is 17.5 Å². The summed E-state index contributed by atoms with van der Waals surface area (Å²) in [5.41, 5.74) is -6.38. The lowest BCUT2D eigenvalue weighted by atomic mass is 9.44. The number of hydrogen-bond acceptors (Lipinski definition) is 11. The largest absolute Gasteiger partial charge is 0.455 e. The Balaban J connectivity index is 1.84. The molecule has 0 radical (unpaired) electrons. The van der Waals surface area contributed by atoms with Crippen molar-refractivity contribution in [2.24, 2.45) is 16.7 Å². The molecule has 11 nitrogen and oxygen atoms in total. The first-order valence-electron chi connectivity index (χ1n) is 14.1. The van der Waals surface area contributed by atoms with E-state index in [-0.39, 0.29) is 30.6 Å². The molecular weight excluding hydrogens is 548 g/mol. The van der Waals surface area contributed by atoms with Crippen molar-refractivity contribution in [1.82, 2.24) is 0 Å². The highest BCUT2D eigenvalue weighted by Gasteiger charge is 2.78. The Morgan fingerprint density at radius 1 is 1.00 bits per heavy atom. The Morgan fingerprint density at radius 3 is 2.19 bits per heavy atom. The lowest BCUT2D eigenvalue weighted by Crippen LogP contribution is -2.81. The predicted octanol–water partition coefficient (Wildman–Crippen LogP) is 1.65. The number of benzene rings is 1. The molecule has 0 aromatic heterocycles.